The van der Waals surface area contributed by atoms with Crippen LogP contribution in [0.4, 0.5) is 0 Å². The van der Waals surface area contributed by atoms with E-state index in [1.54, 1.807) is 0 Å². The summed E-state index contributed by atoms with van der Waals surface area (Å²) in [4.78, 5) is 2.48. The molecule has 0 fully saturated rings. The summed E-state index contributed by atoms with van der Waals surface area (Å²) in [5.41, 5.74) is 0. The van der Waals surface area contributed by atoms with Crippen molar-refractivity contribution >= 4 is 0 Å². The third-order valence-electron chi connectivity index (χ3n) is 7.35. The molecule has 0 N–H and O–H groups in total. The van der Waals surface area contributed by atoms with E-state index in [1.165, 1.54) is 77.0 Å². The largest absolute Gasteiger partial charge is 0.380 e. The molecule has 0 amide bonds. The zero-order valence-electron chi connectivity index (χ0n) is 24.3. The fraction of sp³-hybridized carbons (Fsp3) is 1.00. The minimum atomic E-state index is 0.711. The lowest BCUT2D eigenvalue weighted by Crippen LogP contribution is -2.35. The Balaban J connectivity index is 4.38. The highest BCUT2D eigenvalue weighted by Gasteiger charge is 2.11. The van der Waals surface area contributed by atoms with Gasteiger partial charge in [0.2, 0.25) is 0 Å². The first-order valence-electron chi connectivity index (χ1n) is 15.1. The van der Waals surface area contributed by atoms with E-state index < -0.39 is 0 Å². The van der Waals surface area contributed by atoms with E-state index >= 15 is 0 Å². The first-order valence-corrected chi connectivity index (χ1v) is 15.1. The van der Waals surface area contributed by atoms with Crippen molar-refractivity contribution in [3.05, 3.63) is 0 Å². The Morgan fingerprint density at radius 1 is 0.471 bits per heavy atom. The lowest BCUT2D eigenvalue weighted by Gasteiger charge is -2.24. The molecule has 0 aromatic rings. The average molecular weight is 486 g/mol. The van der Waals surface area contributed by atoms with Crippen molar-refractivity contribution in [2.24, 2.45) is 17.8 Å². The Labute approximate surface area is 214 Å². The monoisotopic (exact) mass is 485 g/mol. The van der Waals surface area contributed by atoms with Crippen LogP contribution in [0.3, 0.4) is 0 Å². The second-order valence-electron chi connectivity index (χ2n) is 10.3. The topological polar surface area (TPSA) is 30.9 Å². The molecule has 4 nitrogen and oxygen atoms in total. The normalized spacial score (nSPS) is 14.6. The summed E-state index contributed by atoms with van der Waals surface area (Å²) in [5, 5.41) is 0. The highest BCUT2D eigenvalue weighted by atomic mass is 16.5. The molecule has 34 heavy (non-hydrogen) atoms. The van der Waals surface area contributed by atoms with Gasteiger partial charge < -0.3 is 14.2 Å². The zero-order chi connectivity index (χ0) is 25.3. The van der Waals surface area contributed by atoms with E-state index in [1.807, 2.05) is 0 Å². The van der Waals surface area contributed by atoms with E-state index in [9.17, 15) is 0 Å². The van der Waals surface area contributed by atoms with Gasteiger partial charge >= 0.3 is 0 Å². The molecular weight excluding hydrogens is 422 g/mol. The van der Waals surface area contributed by atoms with E-state index in [-0.39, 0.29) is 0 Å². The molecule has 0 spiro atoms. The lowest BCUT2D eigenvalue weighted by molar-refractivity contribution is 0.0301. The van der Waals surface area contributed by atoms with Gasteiger partial charge in [0.15, 0.2) is 0 Å². The van der Waals surface area contributed by atoms with Gasteiger partial charge in [-0.25, -0.2) is 0 Å². The van der Waals surface area contributed by atoms with E-state index in [2.05, 4.69) is 46.4 Å². The van der Waals surface area contributed by atoms with Crippen molar-refractivity contribution in [2.45, 2.75) is 119 Å². The van der Waals surface area contributed by atoms with Crippen LogP contribution in [0.1, 0.15) is 119 Å². The minimum absolute atomic E-state index is 0.711. The summed E-state index contributed by atoms with van der Waals surface area (Å²) in [6.45, 7) is 21.7. The molecule has 0 bridgehead atoms. The van der Waals surface area contributed by atoms with Crippen molar-refractivity contribution in [3.63, 3.8) is 0 Å². The third-order valence-corrected chi connectivity index (χ3v) is 7.35. The predicted molar refractivity (Wildman–Crippen MR) is 149 cm³/mol. The fourth-order valence-corrected chi connectivity index (χ4v) is 4.36. The zero-order valence-corrected chi connectivity index (χ0v) is 24.3. The number of nitrogens with zero attached hydrogens (tertiary/aromatic N) is 1. The SMILES string of the molecule is CCCCC(CC)COCCN(CCOCC(CC)CCCC)CCOCC(CC)CCCC. The Morgan fingerprint density at radius 2 is 0.765 bits per heavy atom. The van der Waals surface area contributed by atoms with Gasteiger partial charge in [-0.1, -0.05) is 99.3 Å². The minimum Gasteiger partial charge on any atom is -0.380 e. The van der Waals surface area contributed by atoms with Crippen LogP contribution in [-0.4, -0.2) is 64.2 Å². The molecule has 206 valence electrons. The first-order chi connectivity index (χ1) is 16.6. The molecule has 0 aliphatic rings. The molecule has 0 rings (SSSR count). The molecule has 3 atom stereocenters. The van der Waals surface area contributed by atoms with Crippen molar-refractivity contribution in [1.82, 2.24) is 4.90 Å². The Hall–Kier alpha value is -0.160. The van der Waals surface area contributed by atoms with Crippen LogP contribution < -0.4 is 0 Å². The number of hydrogen-bond donors (Lipinski definition) is 0. The van der Waals surface area contributed by atoms with Crippen LogP contribution in [0.5, 0.6) is 0 Å². The maximum absolute atomic E-state index is 6.10. The summed E-state index contributed by atoms with van der Waals surface area (Å²) in [7, 11) is 0. The Morgan fingerprint density at radius 3 is 1.00 bits per heavy atom. The van der Waals surface area contributed by atoms with Gasteiger partial charge in [0.25, 0.3) is 0 Å². The van der Waals surface area contributed by atoms with Crippen LogP contribution in [0.2, 0.25) is 0 Å². The highest BCUT2D eigenvalue weighted by molar-refractivity contribution is 4.62. The summed E-state index contributed by atoms with van der Waals surface area (Å²) in [6, 6.07) is 0. The van der Waals surface area contributed by atoms with Crippen LogP contribution in [0.15, 0.2) is 0 Å². The molecule has 0 heterocycles. The molecule has 4 heteroatoms. The number of unbranched alkanes of at least 4 members (excludes halogenated alkanes) is 3. The van der Waals surface area contributed by atoms with Crippen LogP contribution >= 0.6 is 0 Å². The lowest BCUT2D eigenvalue weighted by atomic mass is 10.0. The van der Waals surface area contributed by atoms with Gasteiger partial charge in [0, 0.05) is 39.5 Å². The molecule has 0 aliphatic carbocycles. The third kappa shape index (κ3) is 20.1. The smallest absolute Gasteiger partial charge is 0.0593 e. The van der Waals surface area contributed by atoms with Gasteiger partial charge in [0.05, 0.1) is 19.8 Å². The molecule has 0 saturated carbocycles. The quantitative estimate of drug-likeness (QED) is 0.110. The van der Waals surface area contributed by atoms with Gasteiger partial charge in [-0.2, -0.15) is 0 Å². The molecule has 3 unspecified atom stereocenters. The van der Waals surface area contributed by atoms with E-state index in [0.717, 1.165) is 59.3 Å². The van der Waals surface area contributed by atoms with E-state index in [4.69, 9.17) is 14.2 Å². The standard InChI is InChI=1S/C30H63NO3/c1-7-13-16-28(10-4)25-32-22-19-31(20-23-33-26-29(11-5)17-14-8-2)21-24-34-27-30(12-6)18-15-9-3/h28-30H,7-27H2,1-6H3. The van der Waals surface area contributed by atoms with Crippen molar-refractivity contribution in [1.29, 1.82) is 0 Å². The fourth-order valence-electron chi connectivity index (χ4n) is 4.36. The van der Waals surface area contributed by atoms with Crippen molar-refractivity contribution in [2.75, 3.05) is 59.3 Å². The maximum atomic E-state index is 6.10. The van der Waals surface area contributed by atoms with Crippen molar-refractivity contribution in [3.8, 4) is 0 Å². The second kappa shape index (κ2) is 25.9. The second-order valence-corrected chi connectivity index (χ2v) is 10.3. The predicted octanol–water partition coefficient (Wildman–Crippen LogP) is 7.99. The molecule has 0 saturated heterocycles. The summed E-state index contributed by atoms with van der Waals surface area (Å²) in [6.07, 6.45) is 15.3. The Bertz CT molecular complexity index is 336. The Kier molecular flexibility index (Phi) is 25.8. The van der Waals surface area contributed by atoms with Crippen molar-refractivity contribution < 1.29 is 14.2 Å². The molecular formula is C30H63NO3. The molecule has 0 aromatic carbocycles. The van der Waals surface area contributed by atoms with Gasteiger partial charge in [-0.3, -0.25) is 4.90 Å². The summed E-state index contributed by atoms with van der Waals surface area (Å²) < 4.78 is 18.3. The number of rotatable bonds is 27. The molecule has 0 aromatic heterocycles. The van der Waals surface area contributed by atoms with E-state index in [0.29, 0.717) is 17.8 Å². The van der Waals surface area contributed by atoms with Gasteiger partial charge in [-0.05, 0) is 37.0 Å². The number of hydrogen-bond acceptors (Lipinski definition) is 4. The summed E-state index contributed by atoms with van der Waals surface area (Å²) >= 11 is 0. The van der Waals surface area contributed by atoms with Crippen LogP contribution in [0.25, 0.3) is 0 Å². The average Bonchev–Trinajstić information content (AvgIpc) is 2.86. The number of ether oxygens (including phenoxy) is 3. The van der Waals surface area contributed by atoms with Crippen LogP contribution in [0, 0.1) is 17.8 Å². The molecule has 0 aliphatic heterocycles. The summed E-state index contributed by atoms with van der Waals surface area (Å²) in [5.74, 6) is 2.13. The highest BCUT2D eigenvalue weighted by Crippen LogP contribution is 2.14. The first kappa shape index (κ1) is 33.8. The van der Waals surface area contributed by atoms with Gasteiger partial charge in [0.1, 0.15) is 0 Å². The maximum Gasteiger partial charge on any atom is 0.0593 e. The molecule has 0 radical (unpaired) electrons. The van der Waals surface area contributed by atoms with Gasteiger partial charge in [-0.15, -0.1) is 0 Å². The van der Waals surface area contributed by atoms with Crippen LogP contribution in [-0.2, 0) is 14.2 Å².